The summed E-state index contributed by atoms with van der Waals surface area (Å²) >= 11 is 8.34. The topological polar surface area (TPSA) is 84.2 Å². The lowest BCUT2D eigenvalue weighted by molar-refractivity contribution is 0.148. The lowest BCUT2D eigenvalue weighted by Gasteiger charge is -2.32. The van der Waals surface area contributed by atoms with Crippen molar-refractivity contribution in [2.45, 2.75) is 32.9 Å². The average molecular weight is 601 g/mol. The highest BCUT2D eigenvalue weighted by Gasteiger charge is 2.26. The molecule has 9 nitrogen and oxygen atoms in total. The van der Waals surface area contributed by atoms with Crippen LogP contribution in [0, 0.1) is 6.92 Å². The number of anilines is 2. The first-order valence-corrected chi connectivity index (χ1v) is 15.6. The maximum Gasteiger partial charge on any atom is 0.142 e. The maximum absolute atomic E-state index is 6.62. The van der Waals surface area contributed by atoms with Crippen molar-refractivity contribution >= 4 is 44.7 Å². The van der Waals surface area contributed by atoms with Crippen LogP contribution in [0.2, 0.25) is 5.02 Å². The van der Waals surface area contributed by atoms with Gasteiger partial charge in [-0.05, 0) is 62.7 Å². The molecule has 5 heterocycles. The molecule has 2 aliphatic rings. The monoisotopic (exact) mass is 600 g/mol. The number of hydrogen-bond donors (Lipinski definition) is 1. The van der Waals surface area contributed by atoms with E-state index >= 15 is 0 Å². The number of nitrogens with one attached hydrogen (secondary N) is 1. The molecule has 0 bridgehead atoms. The maximum atomic E-state index is 6.62. The summed E-state index contributed by atoms with van der Waals surface area (Å²) in [6.07, 6.45) is 5.68. The number of nitrogens with zero attached hydrogens (tertiary/aromatic N) is 7. The summed E-state index contributed by atoms with van der Waals surface area (Å²) in [5.41, 5.74) is 6.37. The van der Waals surface area contributed by atoms with Crippen LogP contribution in [0.3, 0.4) is 0 Å². The van der Waals surface area contributed by atoms with Crippen LogP contribution in [0.25, 0.3) is 20.7 Å². The lowest BCUT2D eigenvalue weighted by Crippen LogP contribution is -2.45. The summed E-state index contributed by atoms with van der Waals surface area (Å²) in [5, 5.41) is 10.1. The Labute approximate surface area is 254 Å². The van der Waals surface area contributed by atoms with Crippen LogP contribution < -0.4 is 10.1 Å². The van der Waals surface area contributed by atoms with Gasteiger partial charge in [0.2, 0.25) is 0 Å². The van der Waals surface area contributed by atoms with Crippen molar-refractivity contribution in [1.82, 2.24) is 34.5 Å². The summed E-state index contributed by atoms with van der Waals surface area (Å²) in [5.74, 6) is 1.40. The highest BCUT2D eigenvalue weighted by atomic mass is 35.5. The molecule has 1 aliphatic carbocycles. The molecule has 1 aliphatic heterocycles. The first-order chi connectivity index (χ1) is 20.5. The second kappa shape index (κ2) is 11.6. The van der Waals surface area contributed by atoms with Crippen LogP contribution in [0.15, 0.2) is 48.9 Å². The van der Waals surface area contributed by atoms with E-state index in [1.54, 1.807) is 17.7 Å². The zero-order valence-electron chi connectivity index (χ0n) is 23.8. The van der Waals surface area contributed by atoms with Crippen LogP contribution in [-0.4, -0.2) is 74.3 Å². The number of aromatic nitrogens is 5. The normalized spacial score (nSPS) is 15.5. The lowest BCUT2D eigenvalue weighted by atomic mass is 9.95. The summed E-state index contributed by atoms with van der Waals surface area (Å²) in [4.78, 5) is 20.9. The van der Waals surface area contributed by atoms with Gasteiger partial charge in [0.1, 0.15) is 29.3 Å². The number of hydrogen-bond acceptors (Lipinski definition) is 9. The number of fused-ring (bicyclic) bond motifs is 5. The van der Waals surface area contributed by atoms with Gasteiger partial charge in [-0.1, -0.05) is 17.7 Å². The standard InChI is InChI=1S/C31H33ClN8OS/c1-20-4-3-5-22(35-20)18-41-27-9-6-21(16-25(27)32)36-30-28-23-7-8-26-24(29(23)42-31(28)34-19-33-30)17-40(37-26)15-14-39-12-10-38(2)11-13-39/h3-6,9,16-17,19H,7-8,10-15,18H2,1-2H3,(H,33,34,36). The molecule has 216 valence electrons. The van der Waals surface area contributed by atoms with Crippen molar-refractivity contribution in [1.29, 1.82) is 0 Å². The van der Waals surface area contributed by atoms with Crippen molar-refractivity contribution in [2.24, 2.45) is 0 Å². The number of likely N-dealkylation sites (N-methyl/N-ethyl adjacent to an activating group) is 1. The summed E-state index contributed by atoms with van der Waals surface area (Å²) in [7, 11) is 2.19. The highest BCUT2D eigenvalue weighted by Crippen LogP contribution is 2.45. The minimum atomic E-state index is 0.357. The molecular formula is C31H33ClN8OS. The first-order valence-electron chi connectivity index (χ1n) is 14.4. The number of piperazine rings is 1. The van der Waals surface area contributed by atoms with E-state index in [0.717, 1.165) is 85.2 Å². The number of thiophene rings is 1. The van der Waals surface area contributed by atoms with Gasteiger partial charge >= 0.3 is 0 Å². The molecule has 1 aromatic carbocycles. The zero-order chi connectivity index (χ0) is 28.6. The number of aryl methyl sites for hydroxylation is 3. The third-order valence-corrected chi connectivity index (χ3v) is 9.51. The zero-order valence-corrected chi connectivity index (χ0v) is 25.4. The van der Waals surface area contributed by atoms with Crippen molar-refractivity contribution in [3.63, 3.8) is 0 Å². The molecule has 42 heavy (non-hydrogen) atoms. The second-order valence-electron chi connectivity index (χ2n) is 11.0. The molecule has 1 N–H and O–H groups in total. The Morgan fingerprint density at radius 3 is 2.76 bits per heavy atom. The van der Waals surface area contributed by atoms with Gasteiger partial charge in [0.05, 0.1) is 28.3 Å². The first kappa shape index (κ1) is 27.3. The molecule has 0 radical (unpaired) electrons. The Morgan fingerprint density at radius 1 is 1.05 bits per heavy atom. The molecule has 0 unspecified atom stereocenters. The fraction of sp³-hybridized carbons (Fsp3) is 0.355. The van der Waals surface area contributed by atoms with Gasteiger partial charge < -0.3 is 15.0 Å². The van der Waals surface area contributed by atoms with E-state index in [-0.39, 0.29) is 0 Å². The number of benzene rings is 1. The van der Waals surface area contributed by atoms with Gasteiger partial charge in [0, 0.05) is 60.7 Å². The molecule has 11 heteroatoms. The van der Waals surface area contributed by atoms with Crippen LogP contribution >= 0.6 is 22.9 Å². The van der Waals surface area contributed by atoms with Crippen molar-refractivity contribution < 1.29 is 4.74 Å². The number of ether oxygens (including phenoxy) is 1. The Kier molecular flexibility index (Phi) is 7.54. The quantitative estimate of drug-likeness (QED) is 0.247. The van der Waals surface area contributed by atoms with Gasteiger partial charge in [0.25, 0.3) is 0 Å². The van der Waals surface area contributed by atoms with Crippen molar-refractivity contribution in [3.05, 3.63) is 76.6 Å². The van der Waals surface area contributed by atoms with E-state index in [1.807, 2.05) is 43.3 Å². The fourth-order valence-electron chi connectivity index (χ4n) is 5.71. The van der Waals surface area contributed by atoms with Gasteiger partial charge in [-0.15, -0.1) is 11.3 Å². The van der Waals surface area contributed by atoms with E-state index in [1.165, 1.54) is 21.7 Å². The van der Waals surface area contributed by atoms with Gasteiger partial charge in [-0.2, -0.15) is 5.10 Å². The van der Waals surface area contributed by atoms with Crippen molar-refractivity contribution in [3.8, 4) is 16.2 Å². The minimum Gasteiger partial charge on any atom is -0.486 e. The van der Waals surface area contributed by atoms with E-state index in [0.29, 0.717) is 17.4 Å². The molecule has 4 aromatic heterocycles. The average Bonchev–Trinajstić information content (AvgIpc) is 3.58. The molecule has 0 atom stereocenters. The Balaban J connectivity index is 1.09. The molecular weight excluding hydrogens is 568 g/mol. The molecule has 5 aromatic rings. The third-order valence-electron chi connectivity index (χ3n) is 8.04. The molecule has 1 fully saturated rings. The van der Waals surface area contributed by atoms with Crippen LogP contribution in [0.1, 0.15) is 22.6 Å². The van der Waals surface area contributed by atoms with Crippen LogP contribution in [0.5, 0.6) is 5.75 Å². The van der Waals surface area contributed by atoms with E-state index in [2.05, 4.69) is 48.0 Å². The SMILES string of the molecule is Cc1cccc(COc2ccc(Nc3ncnc4sc5c(c34)CCc3nn(CCN4CCN(C)CC4)cc3-5)cc2Cl)n1. The summed E-state index contributed by atoms with van der Waals surface area (Å²) < 4.78 is 8.08. The predicted molar refractivity (Wildman–Crippen MR) is 168 cm³/mol. The van der Waals surface area contributed by atoms with Gasteiger partial charge in [-0.25, -0.2) is 9.97 Å². The summed E-state index contributed by atoms with van der Waals surface area (Å²) in [6, 6.07) is 11.6. The Morgan fingerprint density at radius 2 is 1.93 bits per heavy atom. The fourth-order valence-corrected chi connectivity index (χ4v) is 7.17. The molecule has 0 saturated carbocycles. The predicted octanol–water partition coefficient (Wildman–Crippen LogP) is 5.58. The number of halogens is 1. The smallest absolute Gasteiger partial charge is 0.142 e. The van der Waals surface area contributed by atoms with Crippen LogP contribution in [0.4, 0.5) is 11.5 Å². The third kappa shape index (κ3) is 5.59. The summed E-state index contributed by atoms with van der Waals surface area (Å²) in [6.45, 7) is 8.77. The van der Waals surface area contributed by atoms with Crippen molar-refractivity contribution in [2.75, 3.05) is 45.1 Å². The van der Waals surface area contributed by atoms with Gasteiger partial charge in [-0.3, -0.25) is 14.6 Å². The van der Waals surface area contributed by atoms with Crippen LogP contribution in [-0.2, 0) is 26.0 Å². The van der Waals surface area contributed by atoms with E-state index < -0.39 is 0 Å². The number of rotatable bonds is 8. The molecule has 0 spiro atoms. The minimum absolute atomic E-state index is 0.357. The number of pyridine rings is 1. The van der Waals surface area contributed by atoms with E-state index in [9.17, 15) is 0 Å². The van der Waals surface area contributed by atoms with E-state index in [4.69, 9.17) is 21.4 Å². The largest absolute Gasteiger partial charge is 0.486 e. The second-order valence-corrected chi connectivity index (χ2v) is 12.4. The molecule has 1 saturated heterocycles. The highest BCUT2D eigenvalue weighted by molar-refractivity contribution is 7.22. The van der Waals surface area contributed by atoms with Gasteiger partial charge in [0.15, 0.2) is 0 Å². The molecule has 0 amide bonds. The Bertz CT molecular complexity index is 1740. The Hall–Kier alpha value is -3.57. The molecule has 7 rings (SSSR count).